The van der Waals surface area contributed by atoms with E-state index in [-0.39, 0.29) is 11.9 Å². The Morgan fingerprint density at radius 2 is 1.87 bits per heavy atom. The first-order valence-corrected chi connectivity index (χ1v) is 5.61. The molecule has 0 radical (unpaired) electrons. The van der Waals surface area contributed by atoms with E-state index in [0.717, 1.165) is 10.0 Å². The van der Waals surface area contributed by atoms with Gasteiger partial charge in [0.1, 0.15) is 6.04 Å². The van der Waals surface area contributed by atoms with Gasteiger partial charge in [0.25, 0.3) is 0 Å². The van der Waals surface area contributed by atoms with Crippen LogP contribution in [0.5, 0.6) is 0 Å². The van der Waals surface area contributed by atoms with Crippen LogP contribution in [-0.4, -0.2) is 11.9 Å². The number of hydrogen-bond acceptors (Lipinski definition) is 2. The van der Waals surface area contributed by atoms with E-state index in [1.165, 1.54) is 0 Å². The summed E-state index contributed by atoms with van der Waals surface area (Å²) in [6, 6.07) is 7.36. The molecule has 0 aliphatic heterocycles. The van der Waals surface area contributed by atoms with Crippen molar-refractivity contribution in [3.05, 3.63) is 34.3 Å². The number of nitrogens with two attached hydrogens (primary N) is 1. The summed E-state index contributed by atoms with van der Waals surface area (Å²) in [5.74, 6) is -0.356. The van der Waals surface area contributed by atoms with E-state index in [9.17, 15) is 4.79 Å². The minimum Gasteiger partial charge on any atom is -0.368 e. The number of carbonyl (C=O) groups is 1. The second kappa shape index (κ2) is 5.28. The maximum atomic E-state index is 11.3. The number of nitrogens with one attached hydrogen (secondary N) is 1. The third-order valence-electron chi connectivity index (χ3n) is 1.99. The SMILES string of the molecule is CC(C)NC(C(N)=O)c1ccc(Br)cc1. The molecule has 0 saturated heterocycles. The molecule has 3 nitrogen and oxygen atoms in total. The first kappa shape index (κ1) is 12.2. The molecule has 1 amide bonds. The van der Waals surface area contributed by atoms with Crippen LogP contribution in [0.1, 0.15) is 25.5 Å². The van der Waals surface area contributed by atoms with Gasteiger partial charge in [0.05, 0.1) is 0 Å². The second-order valence-corrected chi connectivity index (χ2v) is 4.62. The predicted octanol–water partition coefficient (Wildman–Crippen LogP) is 1.97. The van der Waals surface area contributed by atoms with Gasteiger partial charge in [0.2, 0.25) is 5.91 Å². The van der Waals surface area contributed by atoms with Crippen LogP contribution in [0.25, 0.3) is 0 Å². The Hall–Kier alpha value is -0.870. The Kier molecular flexibility index (Phi) is 4.29. The van der Waals surface area contributed by atoms with Crippen LogP contribution in [0, 0.1) is 0 Å². The van der Waals surface area contributed by atoms with Crippen molar-refractivity contribution in [1.29, 1.82) is 0 Å². The number of primary amides is 1. The van der Waals surface area contributed by atoms with E-state index in [0.29, 0.717) is 0 Å². The summed E-state index contributed by atoms with van der Waals surface area (Å²) in [6.07, 6.45) is 0. The van der Waals surface area contributed by atoms with E-state index >= 15 is 0 Å². The molecule has 0 aliphatic carbocycles. The van der Waals surface area contributed by atoms with Gasteiger partial charge in [0, 0.05) is 10.5 Å². The van der Waals surface area contributed by atoms with Crippen LogP contribution in [-0.2, 0) is 4.79 Å². The molecule has 0 aliphatic rings. The van der Waals surface area contributed by atoms with Crippen molar-refractivity contribution in [2.45, 2.75) is 25.9 Å². The molecular weight excluding hydrogens is 256 g/mol. The minimum absolute atomic E-state index is 0.214. The number of hydrogen-bond donors (Lipinski definition) is 2. The number of rotatable bonds is 4. The van der Waals surface area contributed by atoms with Crippen molar-refractivity contribution >= 4 is 21.8 Å². The lowest BCUT2D eigenvalue weighted by atomic mass is 10.1. The molecule has 0 bridgehead atoms. The molecule has 0 heterocycles. The molecule has 3 N–H and O–H groups in total. The van der Waals surface area contributed by atoms with Gasteiger partial charge in [0.15, 0.2) is 0 Å². The molecule has 82 valence electrons. The van der Waals surface area contributed by atoms with Crippen molar-refractivity contribution in [1.82, 2.24) is 5.32 Å². The zero-order chi connectivity index (χ0) is 11.4. The van der Waals surface area contributed by atoms with Crippen LogP contribution >= 0.6 is 15.9 Å². The van der Waals surface area contributed by atoms with Crippen molar-refractivity contribution in [3.63, 3.8) is 0 Å². The lowest BCUT2D eigenvalue weighted by molar-refractivity contribution is -0.120. The molecule has 1 aromatic carbocycles. The molecule has 0 saturated carbocycles. The Bertz CT molecular complexity index is 335. The van der Waals surface area contributed by atoms with Gasteiger partial charge in [-0.3, -0.25) is 10.1 Å². The lowest BCUT2D eigenvalue weighted by Gasteiger charge is -2.18. The normalized spacial score (nSPS) is 12.8. The summed E-state index contributed by atoms with van der Waals surface area (Å²) in [5.41, 5.74) is 6.23. The second-order valence-electron chi connectivity index (χ2n) is 3.71. The molecule has 1 unspecified atom stereocenters. The first-order chi connectivity index (χ1) is 7.00. The summed E-state index contributed by atoms with van der Waals surface area (Å²) in [6.45, 7) is 3.96. The molecule has 0 spiro atoms. The Balaban J connectivity index is 2.89. The highest BCUT2D eigenvalue weighted by atomic mass is 79.9. The largest absolute Gasteiger partial charge is 0.368 e. The van der Waals surface area contributed by atoms with E-state index < -0.39 is 6.04 Å². The molecule has 1 aromatic rings. The fourth-order valence-corrected chi connectivity index (χ4v) is 1.60. The smallest absolute Gasteiger partial charge is 0.239 e. The summed E-state index contributed by atoms with van der Waals surface area (Å²) in [7, 11) is 0. The topological polar surface area (TPSA) is 55.1 Å². The van der Waals surface area contributed by atoms with Gasteiger partial charge in [-0.15, -0.1) is 0 Å². The fourth-order valence-electron chi connectivity index (χ4n) is 1.33. The lowest BCUT2D eigenvalue weighted by Crippen LogP contribution is -2.37. The fraction of sp³-hybridized carbons (Fsp3) is 0.364. The number of benzene rings is 1. The number of halogens is 1. The standard InChI is InChI=1S/C11H15BrN2O/c1-7(2)14-10(11(13)15)8-3-5-9(12)6-4-8/h3-7,10,14H,1-2H3,(H2,13,15). The molecule has 0 aromatic heterocycles. The third kappa shape index (κ3) is 3.64. The highest BCUT2D eigenvalue weighted by Gasteiger charge is 2.17. The monoisotopic (exact) mass is 270 g/mol. The van der Waals surface area contributed by atoms with E-state index in [1.54, 1.807) is 0 Å². The average molecular weight is 271 g/mol. The van der Waals surface area contributed by atoms with Gasteiger partial charge in [-0.05, 0) is 31.5 Å². The van der Waals surface area contributed by atoms with E-state index in [4.69, 9.17) is 5.73 Å². The summed E-state index contributed by atoms with van der Waals surface area (Å²) >= 11 is 3.35. The first-order valence-electron chi connectivity index (χ1n) is 4.81. The van der Waals surface area contributed by atoms with Crippen molar-refractivity contribution < 1.29 is 4.79 Å². The number of amides is 1. The Morgan fingerprint density at radius 3 is 2.27 bits per heavy atom. The van der Waals surface area contributed by atoms with Gasteiger partial charge in [-0.1, -0.05) is 28.1 Å². The van der Waals surface area contributed by atoms with Crippen molar-refractivity contribution in [3.8, 4) is 0 Å². The quantitative estimate of drug-likeness (QED) is 0.879. The predicted molar refractivity (Wildman–Crippen MR) is 64.3 cm³/mol. The maximum Gasteiger partial charge on any atom is 0.239 e. The van der Waals surface area contributed by atoms with Crippen LogP contribution < -0.4 is 11.1 Å². The molecular formula is C11H15BrN2O. The summed E-state index contributed by atoms with van der Waals surface area (Å²) in [4.78, 5) is 11.3. The summed E-state index contributed by atoms with van der Waals surface area (Å²) < 4.78 is 0.985. The van der Waals surface area contributed by atoms with Gasteiger partial charge >= 0.3 is 0 Å². The van der Waals surface area contributed by atoms with Crippen LogP contribution in [0.15, 0.2) is 28.7 Å². The average Bonchev–Trinajstić information content (AvgIpc) is 2.15. The highest BCUT2D eigenvalue weighted by Crippen LogP contribution is 2.17. The van der Waals surface area contributed by atoms with Gasteiger partial charge < -0.3 is 5.73 Å². The maximum absolute atomic E-state index is 11.3. The van der Waals surface area contributed by atoms with Crippen molar-refractivity contribution in [2.24, 2.45) is 5.73 Å². The zero-order valence-electron chi connectivity index (χ0n) is 8.83. The Morgan fingerprint density at radius 1 is 1.33 bits per heavy atom. The minimum atomic E-state index is -0.418. The van der Waals surface area contributed by atoms with E-state index in [2.05, 4.69) is 21.2 Å². The van der Waals surface area contributed by atoms with E-state index in [1.807, 2.05) is 38.1 Å². The number of carbonyl (C=O) groups excluding carboxylic acids is 1. The van der Waals surface area contributed by atoms with Crippen molar-refractivity contribution in [2.75, 3.05) is 0 Å². The third-order valence-corrected chi connectivity index (χ3v) is 2.52. The summed E-state index contributed by atoms with van der Waals surface area (Å²) in [5, 5.41) is 3.13. The van der Waals surface area contributed by atoms with Crippen LogP contribution in [0.3, 0.4) is 0 Å². The van der Waals surface area contributed by atoms with Crippen LogP contribution in [0.4, 0.5) is 0 Å². The van der Waals surface area contributed by atoms with Gasteiger partial charge in [-0.25, -0.2) is 0 Å². The highest BCUT2D eigenvalue weighted by molar-refractivity contribution is 9.10. The molecule has 15 heavy (non-hydrogen) atoms. The van der Waals surface area contributed by atoms with Crippen LogP contribution in [0.2, 0.25) is 0 Å². The Labute approximate surface area is 98.2 Å². The molecule has 1 rings (SSSR count). The molecule has 0 fully saturated rings. The zero-order valence-corrected chi connectivity index (χ0v) is 10.4. The van der Waals surface area contributed by atoms with Gasteiger partial charge in [-0.2, -0.15) is 0 Å². The molecule has 1 atom stereocenters. The molecule has 4 heteroatoms.